The van der Waals surface area contributed by atoms with E-state index in [1.807, 2.05) is 32.9 Å². The predicted molar refractivity (Wildman–Crippen MR) is 206 cm³/mol. The zero-order valence-corrected chi connectivity index (χ0v) is 32.5. The van der Waals surface area contributed by atoms with Gasteiger partial charge in [0, 0.05) is 31.1 Å². The Hall–Kier alpha value is -4.64. The van der Waals surface area contributed by atoms with Crippen LogP contribution in [0.4, 0.5) is 17.6 Å². The molecular formula is C43H53F4N3O4. The first-order chi connectivity index (χ1) is 25.5. The fraction of sp³-hybridized carbons (Fsp3) is 0.442. The molecule has 7 nitrogen and oxygen atoms in total. The number of nitrogens with zero attached hydrogens (tertiary/aromatic N) is 3. The molecule has 0 N–H and O–H groups in total. The Balaban J connectivity index is 1.82. The number of allylic oxidation sites excluding steroid dienone is 4. The van der Waals surface area contributed by atoms with Crippen LogP contribution in [0.15, 0.2) is 84.8 Å². The molecule has 0 aromatic heterocycles. The largest absolute Gasteiger partial charge is 0.497 e. The van der Waals surface area contributed by atoms with Crippen LogP contribution in [-0.2, 0) is 14.3 Å². The van der Waals surface area contributed by atoms with E-state index in [4.69, 9.17) is 9.47 Å². The molecule has 0 saturated carbocycles. The normalized spacial score (nSPS) is 16.1. The standard InChI is InChI=1S/C43H53F4N3O4/c1-10-11-19-54-40(51)25-38(36-23-32(21-29(6)41(36)44)34-14-13-33(53-9)24-35(34)28(4)5)48(8)42(52)39(20-27(2)3)50-26-31(15-18-49-16-12-17-49)37(22-30(50)7)43(45,46)47/h10-11,13-14,21-24,26-27,38-39H,4,7,12,15-20,25H2,1-3,5-6,8-9H3/t38-,39?/m0/s1. The molecule has 2 atom stereocenters. The van der Waals surface area contributed by atoms with Crippen LogP contribution in [0.1, 0.15) is 76.1 Å². The van der Waals surface area contributed by atoms with Crippen LogP contribution in [0.25, 0.3) is 16.7 Å². The molecule has 4 rings (SSSR count). The third-order valence-electron chi connectivity index (χ3n) is 9.94. The van der Waals surface area contributed by atoms with Gasteiger partial charge in [-0.05, 0) is 117 Å². The maximum Gasteiger partial charge on any atom is 0.416 e. The van der Waals surface area contributed by atoms with Crippen molar-refractivity contribution in [3.8, 4) is 16.9 Å². The number of alkyl halides is 3. The molecule has 2 aliphatic rings. The third kappa shape index (κ3) is 10.1. The zero-order chi connectivity index (χ0) is 39.9. The van der Waals surface area contributed by atoms with Crippen molar-refractivity contribution in [1.29, 1.82) is 0 Å². The first-order valence-corrected chi connectivity index (χ1v) is 18.3. The van der Waals surface area contributed by atoms with Gasteiger partial charge in [0.1, 0.15) is 24.2 Å². The van der Waals surface area contributed by atoms with Crippen molar-refractivity contribution in [1.82, 2.24) is 14.7 Å². The molecule has 2 aromatic rings. The number of hydrogen-bond donors (Lipinski definition) is 0. The second-order valence-electron chi connectivity index (χ2n) is 14.5. The zero-order valence-electron chi connectivity index (χ0n) is 32.5. The number of esters is 1. The minimum atomic E-state index is -4.61. The summed E-state index contributed by atoms with van der Waals surface area (Å²) in [5.41, 5.74) is 2.61. The van der Waals surface area contributed by atoms with Crippen molar-refractivity contribution in [2.75, 3.05) is 40.4 Å². The number of halogens is 4. The van der Waals surface area contributed by atoms with Gasteiger partial charge in [0.05, 0.1) is 25.1 Å². The molecule has 54 heavy (non-hydrogen) atoms. The molecule has 11 heteroatoms. The van der Waals surface area contributed by atoms with Gasteiger partial charge in [0.2, 0.25) is 5.91 Å². The Morgan fingerprint density at radius 1 is 1.13 bits per heavy atom. The molecule has 0 aliphatic carbocycles. The summed E-state index contributed by atoms with van der Waals surface area (Å²) >= 11 is 0. The summed E-state index contributed by atoms with van der Waals surface area (Å²) in [4.78, 5) is 33.1. The van der Waals surface area contributed by atoms with E-state index >= 15 is 4.39 Å². The Morgan fingerprint density at radius 3 is 2.41 bits per heavy atom. The number of rotatable bonds is 16. The number of methoxy groups -OCH3 is 1. The van der Waals surface area contributed by atoms with Crippen LogP contribution in [0.5, 0.6) is 5.75 Å². The first-order valence-electron chi connectivity index (χ1n) is 18.3. The van der Waals surface area contributed by atoms with Gasteiger partial charge in [-0.3, -0.25) is 9.59 Å². The minimum absolute atomic E-state index is 0.00245. The van der Waals surface area contributed by atoms with E-state index in [1.165, 1.54) is 23.0 Å². The topological polar surface area (TPSA) is 62.3 Å². The van der Waals surface area contributed by atoms with Crippen LogP contribution in [-0.4, -0.2) is 79.2 Å². The van der Waals surface area contributed by atoms with Gasteiger partial charge in [-0.15, -0.1) is 0 Å². The van der Waals surface area contributed by atoms with E-state index < -0.39 is 41.5 Å². The summed E-state index contributed by atoms with van der Waals surface area (Å²) in [6.07, 6.45) is 2.20. The number of hydrogen-bond acceptors (Lipinski definition) is 6. The molecular weight excluding hydrogens is 698 g/mol. The highest BCUT2D eigenvalue weighted by molar-refractivity contribution is 5.85. The van der Waals surface area contributed by atoms with Crippen molar-refractivity contribution in [2.45, 2.75) is 78.6 Å². The van der Waals surface area contributed by atoms with Gasteiger partial charge in [-0.25, -0.2) is 4.39 Å². The van der Waals surface area contributed by atoms with E-state index in [1.54, 1.807) is 51.3 Å². The second-order valence-corrected chi connectivity index (χ2v) is 14.5. The average Bonchev–Trinajstić information content (AvgIpc) is 3.09. The molecule has 0 radical (unpaired) electrons. The molecule has 0 bridgehead atoms. The number of aryl methyl sites for hydroxylation is 1. The summed E-state index contributed by atoms with van der Waals surface area (Å²) in [7, 11) is 3.05. The average molecular weight is 752 g/mol. The maximum atomic E-state index is 16.4. The number of carbonyl (C=O) groups is 2. The highest BCUT2D eigenvalue weighted by Gasteiger charge is 2.41. The quantitative estimate of drug-likeness (QED) is 0.0968. The summed E-state index contributed by atoms with van der Waals surface area (Å²) in [6, 6.07) is 6.68. The van der Waals surface area contributed by atoms with Crippen molar-refractivity contribution < 1.29 is 36.6 Å². The SMILES string of the molecule is C=C(C)c1cc(OC)ccc1-c1cc(C)c(F)c([C@H](CC(=O)OCC=CC)N(C)C(=O)C(CC(C)C)N2C=C(CCN3CCC3)C(C(F)(F)F)=CC2=C)c1. The van der Waals surface area contributed by atoms with Crippen LogP contribution in [0.3, 0.4) is 0 Å². The van der Waals surface area contributed by atoms with Gasteiger partial charge in [0.25, 0.3) is 0 Å². The number of carbonyl (C=O) groups excluding carboxylic acids is 2. The molecule has 0 spiro atoms. The van der Waals surface area contributed by atoms with Gasteiger partial charge < -0.3 is 24.2 Å². The predicted octanol–water partition coefficient (Wildman–Crippen LogP) is 9.56. The molecule has 2 heterocycles. The molecule has 292 valence electrons. The molecule has 2 aliphatic heterocycles. The van der Waals surface area contributed by atoms with E-state index in [-0.39, 0.29) is 48.6 Å². The Labute approximate surface area is 317 Å². The van der Waals surface area contributed by atoms with Crippen molar-refractivity contribution in [2.24, 2.45) is 5.92 Å². The van der Waals surface area contributed by atoms with Crippen LogP contribution in [0.2, 0.25) is 0 Å². The van der Waals surface area contributed by atoms with Crippen molar-refractivity contribution >= 4 is 17.4 Å². The number of ether oxygens (including phenoxy) is 2. The number of likely N-dealkylation sites (N-methyl/N-ethyl adjacent to an activating group) is 1. The summed E-state index contributed by atoms with van der Waals surface area (Å²) in [5, 5.41) is 0. The second kappa shape index (κ2) is 18.1. The fourth-order valence-corrected chi connectivity index (χ4v) is 6.82. The van der Waals surface area contributed by atoms with Gasteiger partial charge in [-0.2, -0.15) is 13.2 Å². The summed E-state index contributed by atoms with van der Waals surface area (Å²) in [5.74, 6) is -1.20. The molecule has 1 amide bonds. The molecule has 1 fully saturated rings. The monoisotopic (exact) mass is 751 g/mol. The highest BCUT2D eigenvalue weighted by atomic mass is 19.4. The lowest BCUT2D eigenvalue weighted by Crippen LogP contribution is -2.48. The Bertz CT molecular complexity index is 1820. The maximum absolute atomic E-state index is 16.4. The number of benzene rings is 2. The lowest BCUT2D eigenvalue weighted by molar-refractivity contribution is -0.146. The third-order valence-corrected chi connectivity index (χ3v) is 9.94. The Kier molecular flexibility index (Phi) is 14.1. The van der Waals surface area contributed by atoms with E-state index in [9.17, 15) is 22.8 Å². The lowest BCUT2D eigenvalue weighted by atomic mass is 9.90. The van der Waals surface area contributed by atoms with Crippen molar-refractivity contribution in [3.63, 3.8) is 0 Å². The number of likely N-dealkylation sites (tertiary alicyclic amines) is 1. The van der Waals surface area contributed by atoms with E-state index in [0.717, 1.165) is 42.3 Å². The fourth-order valence-electron chi connectivity index (χ4n) is 6.82. The number of amides is 1. The summed E-state index contributed by atoms with van der Waals surface area (Å²) < 4.78 is 70.3. The lowest BCUT2D eigenvalue weighted by Gasteiger charge is -2.39. The van der Waals surface area contributed by atoms with E-state index in [0.29, 0.717) is 23.4 Å². The summed E-state index contributed by atoms with van der Waals surface area (Å²) in [6.45, 7) is 19.3. The molecule has 1 unspecified atom stereocenters. The molecule has 1 saturated heterocycles. The van der Waals surface area contributed by atoms with Crippen LogP contribution >= 0.6 is 0 Å². The Morgan fingerprint density at radius 2 is 1.83 bits per heavy atom. The smallest absolute Gasteiger partial charge is 0.416 e. The van der Waals surface area contributed by atoms with Crippen LogP contribution in [0, 0.1) is 18.7 Å². The first kappa shape index (κ1) is 42.1. The molecule has 2 aromatic carbocycles. The van der Waals surface area contributed by atoms with Crippen molar-refractivity contribution in [3.05, 3.63) is 107 Å². The van der Waals surface area contributed by atoms with Crippen LogP contribution < -0.4 is 4.74 Å². The van der Waals surface area contributed by atoms with Gasteiger partial charge in [0.15, 0.2) is 0 Å². The van der Waals surface area contributed by atoms with E-state index in [2.05, 4.69) is 18.1 Å². The van der Waals surface area contributed by atoms with Gasteiger partial charge in [-0.1, -0.05) is 50.8 Å². The highest BCUT2D eigenvalue weighted by Crippen LogP contribution is 2.40. The van der Waals surface area contributed by atoms with Gasteiger partial charge >= 0.3 is 12.1 Å². The minimum Gasteiger partial charge on any atom is -0.497 e.